The number of para-hydroxylation sites is 2. The summed E-state index contributed by atoms with van der Waals surface area (Å²) in [5.74, 6) is 0.617. The number of piperidine rings is 1. The van der Waals surface area contributed by atoms with Crippen LogP contribution in [0.25, 0.3) is 21.1 Å². The van der Waals surface area contributed by atoms with E-state index in [0.717, 1.165) is 38.0 Å². The largest absolute Gasteiger partial charge is 0.347 e. The number of hydrogen-bond donors (Lipinski definition) is 0. The zero-order valence-corrected chi connectivity index (χ0v) is 16.6. The van der Waals surface area contributed by atoms with Gasteiger partial charge in [-0.1, -0.05) is 30.3 Å². The molecule has 0 aliphatic carbocycles. The monoisotopic (exact) mass is 389 g/mol. The Balaban J connectivity index is 1.26. The molecule has 3 heterocycles. The van der Waals surface area contributed by atoms with E-state index in [9.17, 15) is 4.79 Å². The Morgan fingerprint density at radius 2 is 1.96 bits per heavy atom. The maximum Gasteiger partial charge on any atom is 0.224 e. The van der Waals surface area contributed by atoms with Crippen LogP contribution in [0.5, 0.6) is 0 Å². The lowest BCUT2D eigenvalue weighted by Gasteiger charge is -2.32. The van der Waals surface area contributed by atoms with E-state index in [1.54, 1.807) is 11.3 Å². The Morgan fingerprint density at radius 3 is 2.89 bits per heavy atom. The van der Waals surface area contributed by atoms with E-state index in [1.807, 2.05) is 23.1 Å². The van der Waals surface area contributed by atoms with Gasteiger partial charge in [-0.15, -0.1) is 11.3 Å². The van der Waals surface area contributed by atoms with E-state index < -0.39 is 0 Å². The zero-order chi connectivity index (χ0) is 18.9. The number of carbonyl (C=O) groups excluding carboxylic acids is 1. The van der Waals surface area contributed by atoms with Crippen molar-refractivity contribution >= 4 is 38.4 Å². The van der Waals surface area contributed by atoms with Gasteiger partial charge in [0, 0.05) is 43.7 Å². The van der Waals surface area contributed by atoms with E-state index in [-0.39, 0.29) is 5.91 Å². The Morgan fingerprint density at radius 1 is 1.11 bits per heavy atom. The van der Waals surface area contributed by atoms with Crippen molar-refractivity contribution in [1.82, 2.24) is 14.5 Å². The van der Waals surface area contributed by atoms with Crippen molar-refractivity contribution in [3.8, 4) is 0 Å². The number of carbonyl (C=O) groups is 1. The standard InChI is InChI=1S/C23H23N3OS/c27-22(12-15-25-14-11-17-6-1-3-9-20(17)25)26-13-5-7-18(16-26)23-24-19-8-2-4-10-21(19)28-23/h1-4,6,8-11,14,18H,5,7,12-13,15-16H2/t18-/m0/s1. The molecule has 2 aromatic carbocycles. The number of hydrogen-bond acceptors (Lipinski definition) is 3. The Kier molecular flexibility index (Phi) is 4.61. The molecule has 0 radical (unpaired) electrons. The third-order valence-electron chi connectivity index (χ3n) is 5.68. The summed E-state index contributed by atoms with van der Waals surface area (Å²) >= 11 is 1.78. The molecule has 1 fully saturated rings. The molecule has 0 spiro atoms. The minimum absolute atomic E-state index is 0.253. The summed E-state index contributed by atoms with van der Waals surface area (Å²) in [5.41, 5.74) is 2.27. The van der Waals surface area contributed by atoms with E-state index in [0.29, 0.717) is 12.3 Å². The molecule has 0 bridgehead atoms. The molecular formula is C23H23N3OS. The van der Waals surface area contributed by atoms with Gasteiger partial charge in [0.2, 0.25) is 5.91 Å². The number of likely N-dealkylation sites (tertiary alicyclic amines) is 1. The van der Waals surface area contributed by atoms with Crippen LogP contribution in [0, 0.1) is 0 Å². The van der Waals surface area contributed by atoms with Crippen LogP contribution in [0.2, 0.25) is 0 Å². The fraction of sp³-hybridized carbons (Fsp3) is 0.304. The summed E-state index contributed by atoms with van der Waals surface area (Å²) < 4.78 is 3.42. The molecule has 5 rings (SSSR count). The SMILES string of the molecule is O=C(CCn1ccc2ccccc21)N1CCC[C@H](c2nc3ccccc3s2)C1. The predicted molar refractivity (Wildman–Crippen MR) is 115 cm³/mol. The molecule has 0 N–H and O–H groups in total. The van der Waals surface area contributed by atoms with Crippen molar-refractivity contribution in [2.24, 2.45) is 0 Å². The van der Waals surface area contributed by atoms with Crippen molar-refractivity contribution < 1.29 is 4.79 Å². The quantitative estimate of drug-likeness (QED) is 0.490. The van der Waals surface area contributed by atoms with Gasteiger partial charge >= 0.3 is 0 Å². The van der Waals surface area contributed by atoms with E-state index in [2.05, 4.69) is 47.2 Å². The van der Waals surface area contributed by atoms with Gasteiger partial charge in [0.1, 0.15) is 0 Å². The van der Waals surface area contributed by atoms with Crippen LogP contribution in [0.1, 0.15) is 30.2 Å². The van der Waals surface area contributed by atoms with Crippen molar-refractivity contribution in [2.45, 2.75) is 31.7 Å². The molecule has 1 amide bonds. The smallest absolute Gasteiger partial charge is 0.224 e. The fourth-order valence-corrected chi connectivity index (χ4v) is 5.27. The lowest BCUT2D eigenvalue weighted by Crippen LogP contribution is -2.39. The van der Waals surface area contributed by atoms with Gasteiger partial charge in [-0.2, -0.15) is 0 Å². The van der Waals surface area contributed by atoms with E-state index in [1.165, 1.54) is 20.6 Å². The number of rotatable bonds is 4. The van der Waals surface area contributed by atoms with Crippen molar-refractivity contribution in [3.63, 3.8) is 0 Å². The van der Waals surface area contributed by atoms with Crippen molar-refractivity contribution in [2.75, 3.05) is 13.1 Å². The molecule has 1 atom stereocenters. The van der Waals surface area contributed by atoms with E-state index >= 15 is 0 Å². The van der Waals surface area contributed by atoms with Crippen LogP contribution in [-0.4, -0.2) is 33.4 Å². The second-order valence-corrected chi connectivity index (χ2v) is 8.58. The number of thiazole rings is 1. The summed E-state index contributed by atoms with van der Waals surface area (Å²) in [7, 11) is 0. The molecule has 0 saturated carbocycles. The highest BCUT2D eigenvalue weighted by molar-refractivity contribution is 7.18. The van der Waals surface area contributed by atoms with Crippen LogP contribution < -0.4 is 0 Å². The molecule has 5 heteroatoms. The minimum Gasteiger partial charge on any atom is -0.347 e. The Hall–Kier alpha value is -2.66. The number of benzene rings is 2. The van der Waals surface area contributed by atoms with Gasteiger partial charge in [0.25, 0.3) is 0 Å². The Labute approximate surface area is 168 Å². The molecule has 28 heavy (non-hydrogen) atoms. The molecule has 142 valence electrons. The molecule has 0 unspecified atom stereocenters. The van der Waals surface area contributed by atoms with Crippen molar-refractivity contribution in [3.05, 3.63) is 65.8 Å². The first-order valence-electron chi connectivity index (χ1n) is 9.95. The van der Waals surface area contributed by atoms with Crippen LogP contribution in [0.3, 0.4) is 0 Å². The summed E-state index contributed by atoms with van der Waals surface area (Å²) in [6.45, 7) is 2.40. The predicted octanol–water partition coefficient (Wildman–Crippen LogP) is 5.05. The first-order chi connectivity index (χ1) is 13.8. The van der Waals surface area contributed by atoms with Crippen molar-refractivity contribution in [1.29, 1.82) is 0 Å². The summed E-state index contributed by atoms with van der Waals surface area (Å²) in [6, 6.07) is 18.7. The van der Waals surface area contributed by atoms with Gasteiger partial charge in [0.15, 0.2) is 0 Å². The van der Waals surface area contributed by atoms with Crippen LogP contribution in [0.4, 0.5) is 0 Å². The third kappa shape index (κ3) is 3.31. The molecule has 4 aromatic rings. The average molecular weight is 390 g/mol. The minimum atomic E-state index is 0.253. The molecular weight excluding hydrogens is 366 g/mol. The second-order valence-electron chi connectivity index (χ2n) is 7.52. The average Bonchev–Trinajstić information content (AvgIpc) is 3.36. The highest BCUT2D eigenvalue weighted by atomic mass is 32.1. The normalized spacial score (nSPS) is 17.4. The number of amides is 1. The van der Waals surface area contributed by atoms with E-state index in [4.69, 9.17) is 4.98 Å². The lowest BCUT2D eigenvalue weighted by molar-refractivity contribution is -0.132. The first kappa shape index (κ1) is 17.4. The van der Waals surface area contributed by atoms with Crippen LogP contribution >= 0.6 is 11.3 Å². The molecule has 2 aromatic heterocycles. The highest BCUT2D eigenvalue weighted by Crippen LogP contribution is 2.33. The number of fused-ring (bicyclic) bond motifs is 2. The zero-order valence-electron chi connectivity index (χ0n) is 15.8. The number of nitrogens with zero attached hydrogens (tertiary/aromatic N) is 3. The fourth-order valence-electron chi connectivity index (χ4n) is 4.18. The third-order valence-corrected chi connectivity index (χ3v) is 6.88. The Bertz CT molecular complexity index is 1100. The second kappa shape index (κ2) is 7.40. The van der Waals surface area contributed by atoms with Crippen LogP contribution in [0.15, 0.2) is 60.8 Å². The van der Waals surface area contributed by atoms with Gasteiger partial charge in [-0.25, -0.2) is 4.98 Å². The maximum absolute atomic E-state index is 12.9. The summed E-state index contributed by atoms with van der Waals surface area (Å²) in [6.07, 6.45) is 4.80. The number of aromatic nitrogens is 2. The molecule has 4 nitrogen and oxygen atoms in total. The summed E-state index contributed by atoms with van der Waals surface area (Å²) in [4.78, 5) is 19.7. The maximum atomic E-state index is 12.9. The number of aryl methyl sites for hydroxylation is 1. The molecule has 1 aliphatic heterocycles. The highest BCUT2D eigenvalue weighted by Gasteiger charge is 2.26. The topological polar surface area (TPSA) is 38.1 Å². The van der Waals surface area contributed by atoms with Gasteiger partial charge < -0.3 is 9.47 Å². The van der Waals surface area contributed by atoms with Gasteiger partial charge in [-0.05, 0) is 42.5 Å². The summed E-state index contributed by atoms with van der Waals surface area (Å²) in [5, 5.41) is 2.40. The first-order valence-corrected chi connectivity index (χ1v) is 10.8. The van der Waals surface area contributed by atoms with Gasteiger partial charge in [0.05, 0.1) is 15.2 Å². The lowest BCUT2D eigenvalue weighted by atomic mass is 9.98. The van der Waals surface area contributed by atoms with Crippen LogP contribution in [-0.2, 0) is 11.3 Å². The molecule has 1 aliphatic rings. The van der Waals surface area contributed by atoms with Gasteiger partial charge in [-0.3, -0.25) is 4.79 Å². The molecule has 1 saturated heterocycles.